The van der Waals surface area contributed by atoms with Crippen LogP contribution in [-0.2, 0) is 0 Å². The Morgan fingerprint density at radius 3 is 2.53 bits per heavy atom. The van der Waals surface area contributed by atoms with Crippen molar-refractivity contribution in [3.63, 3.8) is 0 Å². The van der Waals surface area contributed by atoms with Crippen LogP contribution in [0.5, 0.6) is 0 Å². The molecule has 0 saturated heterocycles. The van der Waals surface area contributed by atoms with Gasteiger partial charge in [0.2, 0.25) is 0 Å². The van der Waals surface area contributed by atoms with Crippen LogP contribution in [-0.4, -0.2) is 4.98 Å². The molecule has 1 aromatic carbocycles. The van der Waals surface area contributed by atoms with E-state index in [9.17, 15) is 0 Å². The molecule has 1 heterocycles. The van der Waals surface area contributed by atoms with Gasteiger partial charge in [-0.3, -0.25) is 0 Å². The van der Waals surface area contributed by atoms with E-state index in [0.717, 1.165) is 11.5 Å². The summed E-state index contributed by atoms with van der Waals surface area (Å²) in [5.41, 5.74) is 1.00. The normalized spacial score (nSPS) is 10.0. The predicted octanol–water partition coefficient (Wildman–Crippen LogP) is 4.08. The lowest BCUT2D eigenvalue weighted by molar-refractivity contribution is 1.31. The molecule has 0 aliphatic rings. The molecule has 0 aliphatic carbocycles. The summed E-state index contributed by atoms with van der Waals surface area (Å²) in [5, 5.41) is 3.85. The second kappa shape index (κ2) is 4.81. The third kappa shape index (κ3) is 3.07. The van der Waals surface area contributed by atoms with Crippen LogP contribution in [0.3, 0.4) is 0 Å². The number of pyridine rings is 1. The summed E-state index contributed by atoms with van der Waals surface area (Å²) >= 11 is 8.12. The lowest BCUT2D eigenvalue weighted by atomic mass is 10.3. The molecule has 0 amide bonds. The highest BCUT2D eigenvalue weighted by Gasteiger charge is 1.96. The average molecular weight is 331 g/mol. The Hall–Kier alpha value is -0.810. The van der Waals surface area contributed by atoms with E-state index in [-0.39, 0.29) is 0 Å². The van der Waals surface area contributed by atoms with Gasteiger partial charge in [-0.05, 0) is 59.0 Å². The third-order valence-electron chi connectivity index (χ3n) is 1.84. The first kappa shape index (κ1) is 10.7. The van der Waals surface area contributed by atoms with E-state index in [1.54, 1.807) is 18.3 Å². The Morgan fingerprint density at radius 1 is 1.13 bits per heavy atom. The van der Waals surface area contributed by atoms with Crippen LogP contribution in [0.1, 0.15) is 0 Å². The van der Waals surface area contributed by atoms with Crippen LogP contribution in [0.4, 0.5) is 11.5 Å². The molecule has 1 N–H and O–H groups in total. The van der Waals surface area contributed by atoms with Crippen LogP contribution < -0.4 is 5.32 Å². The largest absolute Gasteiger partial charge is 0.340 e. The number of hydrogen-bond donors (Lipinski definition) is 1. The highest BCUT2D eigenvalue weighted by atomic mass is 127. The molecule has 4 heteroatoms. The Bertz CT molecular complexity index is 456. The number of hydrogen-bond acceptors (Lipinski definition) is 2. The SMILES string of the molecule is Clc1ccnc(Nc2ccc(I)cc2)c1. The van der Waals surface area contributed by atoms with Crippen molar-refractivity contribution in [1.29, 1.82) is 0 Å². The summed E-state index contributed by atoms with van der Waals surface area (Å²) in [5.74, 6) is 0.753. The van der Waals surface area contributed by atoms with Crippen LogP contribution in [0, 0.1) is 3.57 Å². The Labute approximate surface area is 107 Å². The maximum absolute atomic E-state index is 5.86. The van der Waals surface area contributed by atoms with Crippen molar-refractivity contribution in [3.8, 4) is 0 Å². The molecule has 2 nitrogen and oxygen atoms in total. The second-order valence-corrected chi connectivity index (χ2v) is 4.67. The van der Waals surface area contributed by atoms with Crippen molar-refractivity contribution < 1.29 is 0 Å². The Balaban J connectivity index is 2.18. The van der Waals surface area contributed by atoms with Gasteiger partial charge in [-0.1, -0.05) is 11.6 Å². The highest BCUT2D eigenvalue weighted by Crippen LogP contribution is 2.18. The fourth-order valence-electron chi connectivity index (χ4n) is 1.15. The first-order valence-corrected chi connectivity index (χ1v) is 5.84. The number of nitrogens with zero attached hydrogens (tertiary/aromatic N) is 1. The molecule has 0 radical (unpaired) electrons. The number of anilines is 2. The van der Waals surface area contributed by atoms with Gasteiger partial charge < -0.3 is 5.32 Å². The number of aromatic nitrogens is 1. The smallest absolute Gasteiger partial charge is 0.131 e. The van der Waals surface area contributed by atoms with Crippen molar-refractivity contribution in [2.24, 2.45) is 0 Å². The van der Waals surface area contributed by atoms with E-state index in [1.165, 1.54) is 3.57 Å². The van der Waals surface area contributed by atoms with Crippen LogP contribution in [0.25, 0.3) is 0 Å². The van der Waals surface area contributed by atoms with Crippen LogP contribution in [0.2, 0.25) is 5.02 Å². The lowest BCUT2D eigenvalue weighted by Gasteiger charge is -2.05. The molecule has 76 valence electrons. The topological polar surface area (TPSA) is 24.9 Å². The summed E-state index contributed by atoms with van der Waals surface area (Å²) in [6.07, 6.45) is 1.68. The van der Waals surface area contributed by atoms with E-state index in [0.29, 0.717) is 5.02 Å². The summed E-state index contributed by atoms with van der Waals surface area (Å²) in [6, 6.07) is 11.6. The maximum atomic E-state index is 5.86. The van der Waals surface area contributed by atoms with E-state index >= 15 is 0 Å². The van der Waals surface area contributed by atoms with Gasteiger partial charge in [-0.15, -0.1) is 0 Å². The minimum absolute atomic E-state index is 0.679. The van der Waals surface area contributed by atoms with Gasteiger partial charge in [0.25, 0.3) is 0 Å². The van der Waals surface area contributed by atoms with Crippen LogP contribution >= 0.6 is 34.2 Å². The van der Waals surface area contributed by atoms with Crippen LogP contribution in [0.15, 0.2) is 42.6 Å². The Kier molecular flexibility index (Phi) is 3.43. The molecule has 0 unspecified atom stereocenters. The number of benzene rings is 1. The zero-order valence-electron chi connectivity index (χ0n) is 7.74. The van der Waals surface area contributed by atoms with E-state index < -0.39 is 0 Å². The molecule has 15 heavy (non-hydrogen) atoms. The van der Waals surface area contributed by atoms with E-state index in [4.69, 9.17) is 11.6 Å². The molecular weight excluding hydrogens is 322 g/mol. The minimum Gasteiger partial charge on any atom is -0.340 e. The molecule has 0 spiro atoms. The number of nitrogens with one attached hydrogen (secondary N) is 1. The van der Waals surface area contributed by atoms with Gasteiger partial charge in [0, 0.05) is 20.5 Å². The fourth-order valence-corrected chi connectivity index (χ4v) is 1.67. The quantitative estimate of drug-likeness (QED) is 0.839. The van der Waals surface area contributed by atoms with Gasteiger partial charge in [-0.2, -0.15) is 0 Å². The second-order valence-electron chi connectivity index (χ2n) is 2.99. The summed E-state index contributed by atoms with van der Waals surface area (Å²) < 4.78 is 1.21. The molecule has 0 bridgehead atoms. The number of halogens is 2. The summed E-state index contributed by atoms with van der Waals surface area (Å²) in [7, 11) is 0. The minimum atomic E-state index is 0.679. The van der Waals surface area contributed by atoms with Gasteiger partial charge in [0.05, 0.1) is 0 Å². The monoisotopic (exact) mass is 330 g/mol. The fraction of sp³-hybridized carbons (Fsp3) is 0. The molecule has 2 rings (SSSR count). The summed E-state index contributed by atoms with van der Waals surface area (Å²) in [4.78, 5) is 4.16. The standard InChI is InChI=1S/C11H8ClIN2/c12-8-5-6-14-11(7-8)15-10-3-1-9(13)2-4-10/h1-7H,(H,14,15). The molecule has 1 aromatic heterocycles. The predicted molar refractivity (Wildman–Crippen MR) is 71.7 cm³/mol. The van der Waals surface area contributed by atoms with E-state index in [1.807, 2.05) is 24.3 Å². The summed E-state index contributed by atoms with van der Waals surface area (Å²) in [6.45, 7) is 0. The molecule has 0 atom stereocenters. The molecule has 0 aliphatic heterocycles. The molecular formula is C11H8ClIN2. The average Bonchev–Trinajstić information content (AvgIpc) is 2.22. The number of rotatable bonds is 2. The highest BCUT2D eigenvalue weighted by molar-refractivity contribution is 14.1. The van der Waals surface area contributed by atoms with Crippen molar-refractivity contribution in [1.82, 2.24) is 4.98 Å². The van der Waals surface area contributed by atoms with Gasteiger partial charge in [0.15, 0.2) is 0 Å². The first-order chi connectivity index (χ1) is 7.24. The first-order valence-electron chi connectivity index (χ1n) is 4.38. The van der Waals surface area contributed by atoms with Crippen molar-refractivity contribution >= 4 is 45.7 Å². The van der Waals surface area contributed by atoms with Gasteiger partial charge in [0.1, 0.15) is 5.82 Å². The lowest BCUT2D eigenvalue weighted by Crippen LogP contribution is -1.92. The third-order valence-corrected chi connectivity index (χ3v) is 2.79. The molecule has 0 fully saturated rings. The molecule has 0 saturated carbocycles. The van der Waals surface area contributed by atoms with Crippen molar-refractivity contribution in [3.05, 3.63) is 51.2 Å². The zero-order chi connectivity index (χ0) is 10.7. The van der Waals surface area contributed by atoms with E-state index in [2.05, 4.69) is 32.9 Å². The van der Waals surface area contributed by atoms with Crippen molar-refractivity contribution in [2.45, 2.75) is 0 Å². The van der Waals surface area contributed by atoms with Gasteiger partial charge in [-0.25, -0.2) is 4.98 Å². The zero-order valence-corrected chi connectivity index (χ0v) is 10.7. The maximum Gasteiger partial charge on any atom is 0.131 e. The Morgan fingerprint density at radius 2 is 1.87 bits per heavy atom. The van der Waals surface area contributed by atoms with Crippen molar-refractivity contribution in [2.75, 3.05) is 5.32 Å². The van der Waals surface area contributed by atoms with Gasteiger partial charge >= 0.3 is 0 Å². The molecule has 2 aromatic rings.